The maximum Gasteiger partial charge on any atom is 0.274 e. The second kappa shape index (κ2) is 9.06. The summed E-state index contributed by atoms with van der Waals surface area (Å²) in [5.41, 5.74) is 3.35. The van der Waals surface area contributed by atoms with Crippen molar-refractivity contribution in [1.29, 1.82) is 0 Å². The summed E-state index contributed by atoms with van der Waals surface area (Å²) in [5, 5.41) is 6.29. The zero-order chi connectivity index (χ0) is 17.4. The zero-order valence-corrected chi connectivity index (χ0v) is 14.8. The van der Waals surface area contributed by atoms with Crippen molar-refractivity contribution in [2.24, 2.45) is 0 Å². The van der Waals surface area contributed by atoms with Crippen molar-refractivity contribution in [3.05, 3.63) is 53.9 Å². The summed E-state index contributed by atoms with van der Waals surface area (Å²) in [6.07, 6.45) is 5.28. The lowest BCUT2D eigenvalue weighted by molar-refractivity contribution is 0.102. The fourth-order valence-electron chi connectivity index (χ4n) is 2.54. The highest BCUT2D eigenvalue weighted by molar-refractivity contribution is 6.03. The van der Waals surface area contributed by atoms with Crippen LogP contribution in [0.25, 0.3) is 0 Å². The highest BCUT2D eigenvalue weighted by Crippen LogP contribution is 2.24. The van der Waals surface area contributed by atoms with Crippen LogP contribution >= 0.6 is 0 Å². The molecule has 0 atom stereocenters. The summed E-state index contributed by atoms with van der Waals surface area (Å²) in [5.74, 6) is 0.171. The van der Waals surface area contributed by atoms with Crippen molar-refractivity contribution in [3.63, 3.8) is 0 Å². The Balaban J connectivity index is 1.98. The molecule has 1 aromatic carbocycles. The van der Waals surface area contributed by atoms with E-state index < -0.39 is 0 Å². The van der Waals surface area contributed by atoms with Crippen LogP contribution in [0.3, 0.4) is 0 Å². The number of amides is 1. The average Bonchev–Trinajstić information content (AvgIpc) is 2.59. The van der Waals surface area contributed by atoms with Crippen LogP contribution in [-0.2, 0) is 0 Å². The molecule has 0 radical (unpaired) electrons. The molecule has 0 spiro atoms. The fourth-order valence-corrected chi connectivity index (χ4v) is 2.54. The molecule has 2 aromatic rings. The van der Waals surface area contributed by atoms with E-state index in [1.165, 1.54) is 12.8 Å². The Hall–Kier alpha value is -2.36. The Bertz CT molecular complexity index is 650. The van der Waals surface area contributed by atoms with Crippen LogP contribution < -0.4 is 10.6 Å². The third-order valence-electron chi connectivity index (χ3n) is 3.94. The number of anilines is 2. The number of hydrogen-bond donors (Lipinski definition) is 2. The van der Waals surface area contributed by atoms with Crippen LogP contribution in [0.15, 0.2) is 42.6 Å². The van der Waals surface area contributed by atoms with Crippen LogP contribution in [0.4, 0.5) is 11.4 Å². The Kier molecular flexibility index (Phi) is 6.79. The molecule has 1 amide bonds. The first-order valence-corrected chi connectivity index (χ1v) is 8.72. The monoisotopic (exact) mass is 325 g/mol. The number of carbonyl (C=O) groups excluding carboxylic acids is 1. The maximum absolute atomic E-state index is 12.4. The summed E-state index contributed by atoms with van der Waals surface area (Å²) in [6, 6.07) is 11.5. The van der Waals surface area contributed by atoms with Crippen molar-refractivity contribution in [2.75, 3.05) is 17.2 Å². The minimum atomic E-state index is -0.180. The summed E-state index contributed by atoms with van der Waals surface area (Å²) in [6.45, 7) is 7.35. The number of hydrogen-bond acceptors (Lipinski definition) is 3. The number of aromatic nitrogens is 1. The number of rotatable bonds is 8. The molecule has 0 aliphatic rings. The fraction of sp³-hybridized carbons (Fsp3) is 0.400. The minimum Gasteiger partial charge on any atom is -0.384 e. The highest BCUT2D eigenvalue weighted by atomic mass is 16.1. The summed E-state index contributed by atoms with van der Waals surface area (Å²) in [7, 11) is 0. The predicted octanol–water partition coefficient (Wildman–Crippen LogP) is 5.06. The number of pyridine rings is 1. The van der Waals surface area contributed by atoms with Gasteiger partial charge in [0.25, 0.3) is 5.91 Å². The number of benzene rings is 1. The molecule has 2 N–H and O–H groups in total. The van der Waals surface area contributed by atoms with E-state index in [1.54, 1.807) is 12.3 Å². The van der Waals surface area contributed by atoms with Gasteiger partial charge in [0.15, 0.2) is 0 Å². The summed E-state index contributed by atoms with van der Waals surface area (Å²) < 4.78 is 0. The molecular formula is C20H27N3O. The van der Waals surface area contributed by atoms with Crippen LogP contribution in [0, 0.1) is 0 Å². The minimum absolute atomic E-state index is 0.180. The Morgan fingerprint density at radius 1 is 1.12 bits per heavy atom. The van der Waals surface area contributed by atoms with Gasteiger partial charge in [-0.3, -0.25) is 4.79 Å². The molecule has 4 nitrogen and oxygen atoms in total. The molecule has 0 fully saturated rings. The number of carbonyl (C=O) groups is 1. The average molecular weight is 325 g/mol. The van der Waals surface area contributed by atoms with E-state index in [1.807, 2.05) is 30.3 Å². The van der Waals surface area contributed by atoms with Crippen LogP contribution in [0.5, 0.6) is 0 Å². The highest BCUT2D eigenvalue weighted by Gasteiger charge is 2.11. The molecule has 2 rings (SSSR count). The smallest absolute Gasteiger partial charge is 0.274 e. The normalized spacial score (nSPS) is 10.7. The lowest BCUT2D eigenvalue weighted by Gasteiger charge is -2.13. The van der Waals surface area contributed by atoms with Gasteiger partial charge in [-0.05, 0) is 36.1 Å². The summed E-state index contributed by atoms with van der Waals surface area (Å²) >= 11 is 0. The molecular weight excluding hydrogens is 298 g/mol. The second-order valence-electron chi connectivity index (χ2n) is 6.26. The molecule has 0 unspecified atom stereocenters. The van der Waals surface area contributed by atoms with Gasteiger partial charge in [-0.2, -0.15) is 0 Å². The molecule has 0 saturated carbocycles. The van der Waals surface area contributed by atoms with E-state index in [2.05, 4.69) is 36.4 Å². The van der Waals surface area contributed by atoms with E-state index in [0.29, 0.717) is 11.6 Å². The topological polar surface area (TPSA) is 54.0 Å². The van der Waals surface area contributed by atoms with Gasteiger partial charge in [0.05, 0.1) is 11.9 Å². The van der Waals surface area contributed by atoms with Crippen molar-refractivity contribution in [2.45, 2.75) is 46.0 Å². The molecule has 0 saturated heterocycles. The van der Waals surface area contributed by atoms with E-state index in [0.717, 1.165) is 29.9 Å². The Labute approximate surface area is 144 Å². The third kappa shape index (κ3) is 5.08. The maximum atomic E-state index is 12.4. The summed E-state index contributed by atoms with van der Waals surface area (Å²) in [4.78, 5) is 16.7. The number of nitrogens with zero attached hydrogens (tertiary/aromatic N) is 1. The lowest BCUT2D eigenvalue weighted by atomic mass is 10.0. The first kappa shape index (κ1) is 18.0. The third-order valence-corrected chi connectivity index (χ3v) is 3.94. The van der Waals surface area contributed by atoms with Crippen LogP contribution in [0.2, 0.25) is 0 Å². The van der Waals surface area contributed by atoms with Crippen molar-refractivity contribution in [3.8, 4) is 0 Å². The quantitative estimate of drug-likeness (QED) is 0.667. The lowest BCUT2D eigenvalue weighted by Crippen LogP contribution is -2.15. The van der Waals surface area contributed by atoms with Crippen molar-refractivity contribution < 1.29 is 4.79 Å². The number of nitrogens with one attached hydrogen (secondary N) is 2. The van der Waals surface area contributed by atoms with Gasteiger partial charge in [0.2, 0.25) is 0 Å². The number of unbranched alkanes of at least 4 members (excludes halogenated alkanes) is 2. The van der Waals surface area contributed by atoms with Crippen molar-refractivity contribution >= 4 is 17.3 Å². The standard InChI is InChI=1S/C20H27N3O/c1-4-5-8-13-21-16-11-12-19(22-14-16)20(24)23-18-10-7-6-9-17(18)15(2)3/h6-7,9-12,14-15,21H,4-5,8,13H2,1-3H3,(H,23,24). The van der Waals surface area contributed by atoms with Gasteiger partial charge in [-0.25, -0.2) is 4.98 Å². The molecule has 0 aliphatic heterocycles. The Morgan fingerprint density at radius 2 is 1.92 bits per heavy atom. The largest absolute Gasteiger partial charge is 0.384 e. The Morgan fingerprint density at radius 3 is 2.58 bits per heavy atom. The second-order valence-corrected chi connectivity index (χ2v) is 6.26. The van der Waals surface area contributed by atoms with E-state index >= 15 is 0 Å². The van der Waals surface area contributed by atoms with Gasteiger partial charge < -0.3 is 10.6 Å². The first-order valence-electron chi connectivity index (χ1n) is 8.72. The molecule has 24 heavy (non-hydrogen) atoms. The van der Waals surface area contributed by atoms with Gasteiger partial charge in [0.1, 0.15) is 5.69 Å². The predicted molar refractivity (Wildman–Crippen MR) is 101 cm³/mol. The molecule has 1 aromatic heterocycles. The SMILES string of the molecule is CCCCCNc1ccc(C(=O)Nc2ccccc2C(C)C)nc1. The van der Waals surface area contributed by atoms with Crippen LogP contribution in [0.1, 0.15) is 62.0 Å². The molecule has 4 heteroatoms. The molecule has 0 bridgehead atoms. The van der Waals surface area contributed by atoms with Gasteiger partial charge in [-0.1, -0.05) is 51.8 Å². The molecule has 128 valence electrons. The van der Waals surface area contributed by atoms with E-state index in [4.69, 9.17) is 0 Å². The van der Waals surface area contributed by atoms with Crippen LogP contribution in [-0.4, -0.2) is 17.4 Å². The van der Waals surface area contributed by atoms with Gasteiger partial charge in [0, 0.05) is 12.2 Å². The van der Waals surface area contributed by atoms with Gasteiger partial charge >= 0.3 is 0 Å². The van der Waals surface area contributed by atoms with Gasteiger partial charge in [-0.15, -0.1) is 0 Å². The molecule has 0 aliphatic carbocycles. The first-order chi connectivity index (χ1) is 11.6. The van der Waals surface area contributed by atoms with E-state index in [-0.39, 0.29) is 5.91 Å². The molecule has 1 heterocycles. The van der Waals surface area contributed by atoms with E-state index in [9.17, 15) is 4.79 Å². The zero-order valence-electron chi connectivity index (χ0n) is 14.8. The van der Waals surface area contributed by atoms with Crippen molar-refractivity contribution in [1.82, 2.24) is 4.98 Å². The number of para-hydroxylation sites is 1.